The van der Waals surface area contributed by atoms with Gasteiger partial charge in [-0.25, -0.2) is 0 Å². The Morgan fingerprint density at radius 2 is 1.88 bits per heavy atom. The highest BCUT2D eigenvalue weighted by atomic mass is 79.9. The van der Waals surface area contributed by atoms with Gasteiger partial charge in [0.15, 0.2) is 0 Å². The Morgan fingerprint density at radius 3 is 2.41 bits per heavy atom. The van der Waals surface area contributed by atoms with Crippen LogP contribution in [0.4, 0.5) is 0 Å². The quantitative estimate of drug-likeness (QED) is 0.831. The van der Waals surface area contributed by atoms with Crippen LogP contribution < -0.4 is 5.32 Å². The minimum atomic E-state index is -0.176. The first-order chi connectivity index (χ1) is 7.93. The molecule has 0 aromatic heterocycles. The van der Waals surface area contributed by atoms with Gasteiger partial charge in [-0.15, -0.1) is 0 Å². The summed E-state index contributed by atoms with van der Waals surface area (Å²) in [5.74, 6) is 0.107. The number of nitrogens with one attached hydrogen (secondary N) is 1. The number of hydrogen-bond acceptors (Lipinski definition) is 1. The Balaban J connectivity index is 2.41. The number of aryl methyl sites for hydroxylation is 2. The molecule has 0 spiro atoms. The van der Waals surface area contributed by atoms with Crippen LogP contribution in [0.2, 0.25) is 0 Å². The fourth-order valence-corrected chi connectivity index (χ4v) is 1.63. The van der Waals surface area contributed by atoms with Crippen molar-refractivity contribution in [2.24, 2.45) is 0 Å². The highest BCUT2D eigenvalue weighted by molar-refractivity contribution is 9.09. The lowest BCUT2D eigenvalue weighted by molar-refractivity contribution is -0.122. The zero-order valence-electron chi connectivity index (χ0n) is 10.7. The lowest BCUT2D eigenvalue weighted by Gasteiger charge is -2.23. The van der Waals surface area contributed by atoms with E-state index in [2.05, 4.69) is 52.4 Å². The van der Waals surface area contributed by atoms with Gasteiger partial charge in [0.25, 0.3) is 0 Å². The smallest absolute Gasteiger partial charge is 0.220 e. The Kier molecular flexibility index (Phi) is 5.19. The fourth-order valence-electron chi connectivity index (χ4n) is 1.49. The molecule has 0 heterocycles. The molecule has 1 rings (SSSR count). The lowest BCUT2D eigenvalue weighted by atomic mass is 10.1. The first-order valence-corrected chi connectivity index (χ1v) is 6.97. The molecule has 0 radical (unpaired) electrons. The second-order valence-corrected chi connectivity index (χ2v) is 5.61. The van der Waals surface area contributed by atoms with Crippen LogP contribution in [0, 0.1) is 6.92 Å². The second-order valence-electron chi connectivity index (χ2n) is 5.05. The van der Waals surface area contributed by atoms with Crippen molar-refractivity contribution in [2.45, 2.75) is 39.2 Å². The number of alkyl halides is 1. The molecule has 0 aliphatic carbocycles. The van der Waals surface area contributed by atoms with Crippen LogP contribution in [0.1, 0.15) is 31.4 Å². The molecule has 0 aliphatic heterocycles. The van der Waals surface area contributed by atoms with Gasteiger partial charge in [-0.3, -0.25) is 4.79 Å². The second kappa shape index (κ2) is 6.20. The van der Waals surface area contributed by atoms with Gasteiger partial charge in [-0.2, -0.15) is 0 Å². The number of halogens is 1. The van der Waals surface area contributed by atoms with Crippen LogP contribution in [0.3, 0.4) is 0 Å². The van der Waals surface area contributed by atoms with E-state index in [9.17, 15) is 4.79 Å². The molecule has 0 fully saturated rings. The van der Waals surface area contributed by atoms with Crippen LogP contribution in [0.15, 0.2) is 24.3 Å². The van der Waals surface area contributed by atoms with Gasteiger partial charge in [0.05, 0.1) is 0 Å². The Bertz CT molecular complexity index is 370. The van der Waals surface area contributed by atoms with E-state index in [1.54, 1.807) is 0 Å². The number of benzene rings is 1. The van der Waals surface area contributed by atoms with E-state index in [4.69, 9.17) is 0 Å². The molecular weight excluding hydrogens is 278 g/mol. The highest BCUT2D eigenvalue weighted by Gasteiger charge is 2.18. The molecule has 17 heavy (non-hydrogen) atoms. The Hall–Kier alpha value is -0.830. The SMILES string of the molecule is Cc1ccc(CCC(=O)NC(C)(C)CBr)cc1. The minimum Gasteiger partial charge on any atom is -0.350 e. The third kappa shape index (κ3) is 5.35. The predicted octanol–water partition coefficient (Wildman–Crippen LogP) is 3.22. The van der Waals surface area contributed by atoms with Gasteiger partial charge in [-0.05, 0) is 32.8 Å². The Labute approximate surface area is 112 Å². The monoisotopic (exact) mass is 297 g/mol. The molecule has 0 atom stereocenters. The van der Waals surface area contributed by atoms with E-state index in [1.165, 1.54) is 11.1 Å². The van der Waals surface area contributed by atoms with E-state index in [0.717, 1.165) is 11.8 Å². The number of hydrogen-bond donors (Lipinski definition) is 1. The molecule has 1 amide bonds. The minimum absolute atomic E-state index is 0.107. The molecular formula is C14H20BrNO. The van der Waals surface area contributed by atoms with Crippen LogP contribution in [-0.2, 0) is 11.2 Å². The van der Waals surface area contributed by atoms with E-state index < -0.39 is 0 Å². The molecule has 94 valence electrons. The Morgan fingerprint density at radius 1 is 1.29 bits per heavy atom. The molecule has 0 unspecified atom stereocenters. The molecule has 0 saturated heterocycles. The molecule has 0 aliphatic rings. The predicted molar refractivity (Wildman–Crippen MR) is 75.5 cm³/mol. The average molecular weight is 298 g/mol. The van der Waals surface area contributed by atoms with Crippen LogP contribution >= 0.6 is 15.9 Å². The topological polar surface area (TPSA) is 29.1 Å². The van der Waals surface area contributed by atoms with Gasteiger partial charge >= 0.3 is 0 Å². The highest BCUT2D eigenvalue weighted by Crippen LogP contribution is 2.09. The largest absolute Gasteiger partial charge is 0.350 e. The van der Waals surface area contributed by atoms with Crippen molar-refractivity contribution < 1.29 is 4.79 Å². The van der Waals surface area contributed by atoms with Crippen molar-refractivity contribution in [3.05, 3.63) is 35.4 Å². The summed E-state index contributed by atoms with van der Waals surface area (Å²) in [4.78, 5) is 11.7. The van der Waals surface area contributed by atoms with Gasteiger partial charge in [0, 0.05) is 17.3 Å². The lowest BCUT2D eigenvalue weighted by Crippen LogP contribution is -2.44. The maximum Gasteiger partial charge on any atom is 0.220 e. The van der Waals surface area contributed by atoms with Gasteiger partial charge in [-0.1, -0.05) is 45.8 Å². The summed E-state index contributed by atoms with van der Waals surface area (Å²) in [5.41, 5.74) is 2.28. The van der Waals surface area contributed by atoms with Gasteiger partial charge in [0.1, 0.15) is 0 Å². The van der Waals surface area contributed by atoms with Crippen LogP contribution in [0.25, 0.3) is 0 Å². The van der Waals surface area contributed by atoms with Crippen LogP contribution in [0.5, 0.6) is 0 Å². The normalized spacial score (nSPS) is 11.3. The molecule has 1 aromatic carbocycles. The number of carbonyl (C=O) groups excluding carboxylic acids is 1. The zero-order valence-corrected chi connectivity index (χ0v) is 12.3. The number of carbonyl (C=O) groups is 1. The van der Waals surface area contributed by atoms with E-state index in [-0.39, 0.29) is 11.4 Å². The first kappa shape index (κ1) is 14.2. The molecule has 0 bridgehead atoms. The number of rotatable bonds is 5. The molecule has 3 heteroatoms. The summed E-state index contributed by atoms with van der Waals surface area (Å²) in [6, 6.07) is 8.32. The zero-order chi connectivity index (χ0) is 12.9. The molecule has 0 saturated carbocycles. The standard InChI is InChI=1S/C14H20BrNO/c1-11-4-6-12(7-5-11)8-9-13(17)16-14(2,3)10-15/h4-7H,8-10H2,1-3H3,(H,16,17). The van der Waals surface area contributed by atoms with E-state index in [1.807, 2.05) is 13.8 Å². The summed E-state index contributed by atoms with van der Waals surface area (Å²) in [7, 11) is 0. The fraction of sp³-hybridized carbons (Fsp3) is 0.500. The van der Waals surface area contributed by atoms with Crippen molar-refractivity contribution in [1.82, 2.24) is 5.32 Å². The maximum atomic E-state index is 11.7. The molecule has 1 aromatic rings. The summed E-state index contributed by atoms with van der Waals surface area (Å²) in [5, 5.41) is 3.76. The van der Waals surface area contributed by atoms with Crippen molar-refractivity contribution in [2.75, 3.05) is 5.33 Å². The van der Waals surface area contributed by atoms with Crippen molar-refractivity contribution in [1.29, 1.82) is 0 Å². The van der Waals surface area contributed by atoms with Gasteiger partial charge < -0.3 is 5.32 Å². The first-order valence-electron chi connectivity index (χ1n) is 5.85. The van der Waals surface area contributed by atoms with Crippen molar-refractivity contribution >= 4 is 21.8 Å². The van der Waals surface area contributed by atoms with E-state index in [0.29, 0.717) is 6.42 Å². The van der Waals surface area contributed by atoms with Crippen molar-refractivity contribution in [3.8, 4) is 0 Å². The van der Waals surface area contributed by atoms with Gasteiger partial charge in [0.2, 0.25) is 5.91 Å². The summed E-state index contributed by atoms with van der Waals surface area (Å²) >= 11 is 3.39. The third-order valence-corrected chi connectivity index (χ3v) is 3.98. The third-order valence-electron chi connectivity index (χ3n) is 2.57. The van der Waals surface area contributed by atoms with E-state index >= 15 is 0 Å². The summed E-state index contributed by atoms with van der Waals surface area (Å²) in [6.07, 6.45) is 1.34. The molecule has 2 nitrogen and oxygen atoms in total. The summed E-state index contributed by atoms with van der Waals surface area (Å²) < 4.78 is 0. The average Bonchev–Trinajstić information content (AvgIpc) is 2.28. The van der Waals surface area contributed by atoms with Crippen molar-refractivity contribution in [3.63, 3.8) is 0 Å². The number of amides is 1. The molecule has 1 N–H and O–H groups in total. The summed E-state index contributed by atoms with van der Waals surface area (Å²) in [6.45, 7) is 6.08. The van der Waals surface area contributed by atoms with Crippen LogP contribution in [-0.4, -0.2) is 16.8 Å². The maximum absolute atomic E-state index is 11.7.